The second-order valence-corrected chi connectivity index (χ2v) is 9.69. The number of rotatable bonds is 7. The monoisotopic (exact) mass is 426 g/mol. The van der Waals surface area contributed by atoms with Crippen LogP contribution in [0.2, 0.25) is 0 Å². The maximum Gasteiger partial charge on any atom is 0.148 e. The largest absolute Gasteiger partial charge is 0.283 e. The van der Waals surface area contributed by atoms with Crippen LogP contribution in [0.1, 0.15) is 64.0 Å². The van der Waals surface area contributed by atoms with Gasteiger partial charge in [-0.05, 0) is 53.9 Å². The Labute approximate surface area is 187 Å². The SMILES string of the molecule is CC(C)SCC1CCCCC1.CCc1ccc(C(=N)N(NN)c2ccccc2)cc1. The number of aryl methyl sites for hydroxylation is 1. The third kappa shape index (κ3) is 8.13. The van der Waals surface area contributed by atoms with Crippen molar-refractivity contribution >= 4 is 23.3 Å². The molecule has 30 heavy (non-hydrogen) atoms. The quantitative estimate of drug-likeness (QED) is 0.214. The van der Waals surface area contributed by atoms with Crippen LogP contribution in [0, 0.1) is 11.3 Å². The highest BCUT2D eigenvalue weighted by Gasteiger charge is 2.13. The smallest absolute Gasteiger partial charge is 0.148 e. The molecule has 1 saturated carbocycles. The molecule has 0 aliphatic heterocycles. The van der Waals surface area contributed by atoms with Crippen LogP contribution in [0.3, 0.4) is 0 Å². The molecule has 0 unspecified atom stereocenters. The highest BCUT2D eigenvalue weighted by molar-refractivity contribution is 7.99. The first kappa shape index (κ1) is 24.4. The van der Waals surface area contributed by atoms with Crippen LogP contribution >= 0.6 is 11.8 Å². The maximum atomic E-state index is 8.24. The molecule has 0 spiro atoms. The molecule has 3 rings (SSSR count). The van der Waals surface area contributed by atoms with E-state index in [1.165, 1.54) is 43.4 Å². The molecule has 1 aliphatic rings. The van der Waals surface area contributed by atoms with E-state index in [0.29, 0.717) is 5.84 Å². The van der Waals surface area contributed by atoms with Gasteiger partial charge in [0.05, 0.1) is 5.69 Å². The number of hydrazine groups is 2. The Bertz CT molecular complexity index is 725. The lowest BCUT2D eigenvalue weighted by molar-refractivity contribution is 0.390. The predicted octanol–water partition coefficient (Wildman–Crippen LogP) is 6.17. The first-order chi connectivity index (χ1) is 14.5. The normalized spacial score (nSPS) is 14.2. The number of nitrogens with two attached hydrogens (primary N) is 1. The van der Waals surface area contributed by atoms with E-state index in [9.17, 15) is 0 Å². The topological polar surface area (TPSA) is 65.1 Å². The van der Waals surface area contributed by atoms with Crippen molar-refractivity contribution in [2.75, 3.05) is 10.8 Å². The van der Waals surface area contributed by atoms with Crippen LogP contribution in [0.25, 0.3) is 0 Å². The minimum Gasteiger partial charge on any atom is -0.283 e. The molecular formula is C25H38N4S. The van der Waals surface area contributed by atoms with Crippen molar-refractivity contribution in [1.82, 2.24) is 5.53 Å². The van der Waals surface area contributed by atoms with E-state index in [2.05, 4.69) is 38.1 Å². The molecule has 0 aromatic heterocycles. The molecule has 5 heteroatoms. The van der Waals surface area contributed by atoms with E-state index in [1.807, 2.05) is 54.6 Å². The number of hydrogen-bond acceptors (Lipinski definition) is 4. The van der Waals surface area contributed by atoms with Crippen LogP contribution in [-0.2, 0) is 6.42 Å². The summed E-state index contributed by atoms with van der Waals surface area (Å²) in [4.78, 5) is 0. The second-order valence-electron chi connectivity index (χ2n) is 8.09. The van der Waals surface area contributed by atoms with E-state index in [1.54, 1.807) is 5.01 Å². The standard InChI is InChI=1S/C15H18N4.C10H20S/c1-2-12-8-10-13(11-9-12)15(16)19(18-17)14-6-4-3-5-7-14;1-9(2)11-8-10-6-4-3-5-7-10/h3-11,16,18H,2,17H2,1H3;9-10H,3-8H2,1-2H3. The van der Waals surface area contributed by atoms with Gasteiger partial charge in [0, 0.05) is 5.56 Å². The Balaban J connectivity index is 0.000000248. The molecule has 2 aromatic carbocycles. The van der Waals surface area contributed by atoms with Gasteiger partial charge in [0.2, 0.25) is 0 Å². The van der Waals surface area contributed by atoms with E-state index in [-0.39, 0.29) is 0 Å². The highest BCUT2D eigenvalue weighted by Crippen LogP contribution is 2.27. The van der Waals surface area contributed by atoms with Gasteiger partial charge in [-0.1, -0.05) is 82.5 Å². The van der Waals surface area contributed by atoms with Gasteiger partial charge in [-0.3, -0.25) is 11.3 Å². The van der Waals surface area contributed by atoms with Crippen LogP contribution in [0.4, 0.5) is 5.69 Å². The van der Waals surface area contributed by atoms with Crippen LogP contribution in [-0.4, -0.2) is 16.8 Å². The maximum absolute atomic E-state index is 8.24. The lowest BCUT2D eigenvalue weighted by atomic mass is 9.91. The van der Waals surface area contributed by atoms with Crippen molar-refractivity contribution in [3.05, 3.63) is 65.7 Å². The Morgan fingerprint density at radius 1 is 1.07 bits per heavy atom. The third-order valence-corrected chi connectivity index (χ3v) is 6.72. The Hall–Kier alpha value is -1.82. The number of para-hydroxylation sites is 1. The Morgan fingerprint density at radius 2 is 1.70 bits per heavy atom. The fourth-order valence-corrected chi connectivity index (χ4v) is 4.55. The molecule has 0 radical (unpaired) electrons. The van der Waals surface area contributed by atoms with E-state index < -0.39 is 0 Å². The molecular weight excluding hydrogens is 388 g/mol. The van der Waals surface area contributed by atoms with Gasteiger partial charge in [-0.2, -0.15) is 17.3 Å². The summed E-state index contributed by atoms with van der Waals surface area (Å²) in [6.45, 7) is 6.71. The summed E-state index contributed by atoms with van der Waals surface area (Å²) in [5.41, 5.74) is 5.45. The summed E-state index contributed by atoms with van der Waals surface area (Å²) < 4.78 is 0. The molecule has 0 atom stereocenters. The average molecular weight is 427 g/mol. The lowest BCUT2D eigenvalue weighted by Gasteiger charge is -2.23. The first-order valence-corrected chi connectivity index (χ1v) is 12.2. The average Bonchev–Trinajstić information content (AvgIpc) is 2.80. The van der Waals surface area contributed by atoms with Crippen molar-refractivity contribution < 1.29 is 0 Å². The fourth-order valence-electron chi connectivity index (χ4n) is 3.56. The number of hydrogen-bond donors (Lipinski definition) is 3. The first-order valence-electron chi connectivity index (χ1n) is 11.2. The summed E-state index contributed by atoms with van der Waals surface area (Å²) in [5, 5.41) is 10.6. The van der Waals surface area contributed by atoms with Gasteiger partial charge >= 0.3 is 0 Å². The molecule has 4 nitrogen and oxygen atoms in total. The van der Waals surface area contributed by atoms with Gasteiger partial charge in [0.25, 0.3) is 0 Å². The third-order valence-electron chi connectivity index (χ3n) is 5.39. The lowest BCUT2D eigenvalue weighted by Crippen LogP contribution is -2.47. The minimum absolute atomic E-state index is 0.316. The molecule has 2 aromatic rings. The second kappa shape index (κ2) is 13.5. The van der Waals surface area contributed by atoms with Crippen molar-refractivity contribution in [2.24, 2.45) is 11.8 Å². The van der Waals surface area contributed by atoms with Crippen LogP contribution < -0.4 is 16.4 Å². The molecule has 0 heterocycles. The van der Waals surface area contributed by atoms with Gasteiger partial charge in [-0.15, -0.1) is 0 Å². The zero-order chi connectivity index (χ0) is 21.8. The number of benzene rings is 2. The minimum atomic E-state index is 0.316. The summed E-state index contributed by atoms with van der Waals surface area (Å²) in [6, 6.07) is 17.5. The fraction of sp³-hybridized carbons (Fsp3) is 0.480. The molecule has 0 saturated heterocycles. The number of thioether (sulfide) groups is 1. The summed E-state index contributed by atoms with van der Waals surface area (Å²) in [5.74, 6) is 8.32. The van der Waals surface area contributed by atoms with E-state index >= 15 is 0 Å². The van der Waals surface area contributed by atoms with Crippen LogP contribution in [0.5, 0.6) is 0 Å². The Morgan fingerprint density at radius 3 is 2.23 bits per heavy atom. The number of nitrogens with zero attached hydrogens (tertiary/aromatic N) is 1. The number of nitrogens with one attached hydrogen (secondary N) is 2. The Kier molecular flexibility index (Phi) is 11.0. The molecule has 1 fully saturated rings. The van der Waals surface area contributed by atoms with E-state index in [0.717, 1.165) is 28.8 Å². The number of amidine groups is 1. The number of anilines is 1. The van der Waals surface area contributed by atoms with Crippen molar-refractivity contribution in [3.63, 3.8) is 0 Å². The van der Waals surface area contributed by atoms with Gasteiger partial charge in [-0.25, -0.2) is 5.01 Å². The predicted molar refractivity (Wildman–Crippen MR) is 133 cm³/mol. The van der Waals surface area contributed by atoms with Gasteiger partial charge in [0.1, 0.15) is 5.84 Å². The van der Waals surface area contributed by atoms with Gasteiger partial charge in [0.15, 0.2) is 0 Å². The highest BCUT2D eigenvalue weighted by atomic mass is 32.2. The summed E-state index contributed by atoms with van der Waals surface area (Å²) >= 11 is 2.14. The summed E-state index contributed by atoms with van der Waals surface area (Å²) in [7, 11) is 0. The van der Waals surface area contributed by atoms with E-state index in [4.69, 9.17) is 11.3 Å². The van der Waals surface area contributed by atoms with Crippen LogP contribution in [0.15, 0.2) is 54.6 Å². The molecule has 0 amide bonds. The molecule has 4 N–H and O–H groups in total. The zero-order valence-corrected chi connectivity index (χ0v) is 19.5. The molecule has 1 aliphatic carbocycles. The van der Waals surface area contributed by atoms with Gasteiger partial charge < -0.3 is 0 Å². The molecule has 164 valence electrons. The van der Waals surface area contributed by atoms with Crippen molar-refractivity contribution in [2.45, 2.75) is 64.5 Å². The van der Waals surface area contributed by atoms with Crippen molar-refractivity contribution in [3.8, 4) is 0 Å². The molecule has 0 bridgehead atoms. The van der Waals surface area contributed by atoms with Crippen molar-refractivity contribution in [1.29, 1.82) is 5.41 Å². The zero-order valence-electron chi connectivity index (χ0n) is 18.7. The summed E-state index contributed by atoms with van der Waals surface area (Å²) in [6.07, 6.45) is 8.46.